The lowest BCUT2D eigenvalue weighted by atomic mass is 9.78. The molecule has 0 N–H and O–H groups in total. The van der Waals surface area contributed by atoms with Crippen molar-refractivity contribution in [2.75, 3.05) is 18.0 Å². The van der Waals surface area contributed by atoms with Gasteiger partial charge in [-0.15, -0.1) is 16.7 Å². The summed E-state index contributed by atoms with van der Waals surface area (Å²) in [4.78, 5) is 2.15. The highest BCUT2D eigenvalue weighted by Gasteiger charge is 2.30. The van der Waals surface area contributed by atoms with Crippen LogP contribution in [0.15, 0.2) is 4.42 Å². The number of halogens is 1. The second-order valence-electron chi connectivity index (χ2n) is 4.76. The normalized spacial score (nSPS) is 20.1. The van der Waals surface area contributed by atoms with Gasteiger partial charge in [0.15, 0.2) is 0 Å². The maximum absolute atomic E-state index is 5.63. The summed E-state index contributed by atoms with van der Waals surface area (Å²) in [5.74, 6) is 0.786. The molecule has 0 saturated carbocycles. The topological polar surface area (TPSA) is 42.2 Å². The molecule has 0 amide bonds. The molecule has 16 heavy (non-hydrogen) atoms. The largest absolute Gasteiger partial charge is 0.407 e. The van der Waals surface area contributed by atoms with Gasteiger partial charge < -0.3 is 9.32 Å². The highest BCUT2D eigenvalue weighted by atomic mass is 35.5. The number of piperidine rings is 1. The summed E-state index contributed by atoms with van der Waals surface area (Å²) >= 11 is 5.63. The second kappa shape index (κ2) is 4.62. The second-order valence-corrected chi connectivity index (χ2v) is 5.03. The van der Waals surface area contributed by atoms with Gasteiger partial charge in [-0.1, -0.05) is 25.4 Å². The third-order valence-corrected chi connectivity index (χ3v) is 3.89. The van der Waals surface area contributed by atoms with Crippen LogP contribution >= 0.6 is 11.6 Å². The summed E-state index contributed by atoms with van der Waals surface area (Å²) in [5, 5.41) is 7.89. The zero-order chi connectivity index (χ0) is 11.6. The number of aromatic nitrogens is 2. The van der Waals surface area contributed by atoms with E-state index in [1.54, 1.807) is 0 Å². The summed E-state index contributed by atoms with van der Waals surface area (Å²) in [6.07, 6.45) is 3.60. The van der Waals surface area contributed by atoms with Crippen LogP contribution in [0, 0.1) is 5.41 Å². The Morgan fingerprint density at radius 1 is 1.38 bits per heavy atom. The SMILES string of the molecule is CCC1(C)CCN(c2nnc(CCl)o2)CC1. The summed E-state index contributed by atoms with van der Waals surface area (Å²) in [7, 11) is 0. The molecule has 0 aromatic carbocycles. The van der Waals surface area contributed by atoms with Gasteiger partial charge in [-0.25, -0.2) is 0 Å². The smallest absolute Gasteiger partial charge is 0.318 e. The number of rotatable bonds is 3. The Morgan fingerprint density at radius 3 is 2.56 bits per heavy atom. The summed E-state index contributed by atoms with van der Waals surface area (Å²) in [5.41, 5.74) is 0.478. The van der Waals surface area contributed by atoms with Crippen molar-refractivity contribution in [2.45, 2.75) is 39.0 Å². The molecule has 1 aromatic rings. The fraction of sp³-hybridized carbons (Fsp3) is 0.818. The molecule has 0 bridgehead atoms. The van der Waals surface area contributed by atoms with E-state index in [1.807, 2.05) is 0 Å². The Hall–Kier alpha value is -0.770. The van der Waals surface area contributed by atoms with E-state index >= 15 is 0 Å². The lowest BCUT2D eigenvalue weighted by Crippen LogP contribution is -2.38. The summed E-state index contributed by atoms with van der Waals surface area (Å²) in [6.45, 7) is 6.60. The molecule has 1 aliphatic heterocycles. The molecular formula is C11H18ClN3O. The Bertz CT molecular complexity index is 345. The maximum atomic E-state index is 5.63. The first kappa shape index (κ1) is 11.7. The van der Waals surface area contributed by atoms with E-state index in [4.69, 9.17) is 16.0 Å². The van der Waals surface area contributed by atoms with Gasteiger partial charge in [-0.2, -0.15) is 0 Å². The van der Waals surface area contributed by atoms with Crippen LogP contribution in [0.2, 0.25) is 0 Å². The Kier molecular flexibility index (Phi) is 3.38. The molecular weight excluding hydrogens is 226 g/mol. The highest BCUT2D eigenvalue weighted by molar-refractivity contribution is 6.16. The van der Waals surface area contributed by atoms with Gasteiger partial charge in [-0.3, -0.25) is 0 Å². The first-order chi connectivity index (χ1) is 7.67. The molecule has 0 aliphatic carbocycles. The molecule has 4 nitrogen and oxygen atoms in total. The van der Waals surface area contributed by atoms with Crippen LogP contribution < -0.4 is 4.90 Å². The van der Waals surface area contributed by atoms with Gasteiger partial charge >= 0.3 is 6.01 Å². The van der Waals surface area contributed by atoms with Crippen molar-refractivity contribution in [1.29, 1.82) is 0 Å². The fourth-order valence-corrected chi connectivity index (χ4v) is 2.13. The van der Waals surface area contributed by atoms with Crippen LogP contribution in [0.25, 0.3) is 0 Å². The summed E-state index contributed by atoms with van der Waals surface area (Å²) in [6, 6.07) is 0.619. The Morgan fingerprint density at radius 2 is 2.06 bits per heavy atom. The molecule has 1 aromatic heterocycles. The van der Waals surface area contributed by atoms with Crippen LogP contribution in [0.1, 0.15) is 39.0 Å². The third-order valence-electron chi connectivity index (χ3n) is 3.67. The third kappa shape index (κ3) is 2.32. The number of alkyl halides is 1. The Labute approximate surface area is 101 Å². The van der Waals surface area contributed by atoms with E-state index in [0.29, 0.717) is 17.3 Å². The predicted molar refractivity (Wildman–Crippen MR) is 63.7 cm³/mol. The fourth-order valence-electron chi connectivity index (χ4n) is 2.02. The molecule has 5 heteroatoms. The molecule has 2 heterocycles. The molecule has 0 spiro atoms. The van der Waals surface area contributed by atoms with E-state index in [1.165, 1.54) is 19.3 Å². The Balaban J connectivity index is 1.98. The molecule has 1 aliphatic rings. The van der Waals surface area contributed by atoms with Crippen molar-refractivity contribution in [1.82, 2.24) is 10.2 Å². The minimum atomic E-state index is 0.285. The van der Waals surface area contributed by atoms with Gasteiger partial charge in [0, 0.05) is 13.1 Å². The van der Waals surface area contributed by atoms with Crippen molar-refractivity contribution in [3.8, 4) is 0 Å². The monoisotopic (exact) mass is 243 g/mol. The number of nitrogens with zero attached hydrogens (tertiary/aromatic N) is 3. The van der Waals surface area contributed by atoms with Crippen molar-refractivity contribution >= 4 is 17.6 Å². The predicted octanol–water partition coefficient (Wildman–Crippen LogP) is 2.82. The maximum Gasteiger partial charge on any atom is 0.318 e. The van der Waals surface area contributed by atoms with E-state index in [-0.39, 0.29) is 5.88 Å². The van der Waals surface area contributed by atoms with Gasteiger partial charge in [0.2, 0.25) is 5.89 Å². The molecule has 0 atom stereocenters. The molecule has 0 radical (unpaired) electrons. The lowest BCUT2D eigenvalue weighted by Gasteiger charge is -2.37. The molecule has 90 valence electrons. The minimum Gasteiger partial charge on any atom is -0.407 e. The van der Waals surface area contributed by atoms with Crippen molar-refractivity contribution in [3.05, 3.63) is 5.89 Å². The van der Waals surface area contributed by atoms with Crippen molar-refractivity contribution in [3.63, 3.8) is 0 Å². The van der Waals surface area contributed by atoms with E-state index < -0.39 is 0 Å². The van der Waals surface area contributed by atoms with Gasteiger partial charge in [-0.05, 0) is 18.3 Å². The minimum absolute atomic E-state index is 0.285. The quantitative estimate of drug-likeness (QED) is 0.766. The van der Waals surface area contributed by atoms with Crippen LogP contribution in [0.3, 0.4) is 0 Å². The standard InChI is InChI=1S/C11H18ClN3O/c1-3-11(2)4-6-15(7-5-11)10-14-13-9(8-12)16-10/h3-8H2,1-2H3. The van der Waals surface area contributed by atoms with Crippen LogP contribution in [-0.4, -0.2) is 23.3 Å². The van der Waals surface area contributed by atoms with Gasteiger partial charge in [0.1, 0.15) is 5.88 Å². The number of hydrogen-bond donors (Lipinski definition) is 0. The molecule has 1 fully saturated rings. The summed E-state index contributed by atoms with van der Waals surface area (Å²) < 4.78 is 5.45. The molecule has 1 saturated heterocycles. The lowest BCUT2D eigenvalue weighted by molar-refractivity contribution is 0.233. The van der Waals surface area contributed by atoms with Gasteiger partial charge in [0.05, 0.1) is 0 Å². The average molecular weight is 244 g/mol. The average Bonchev–Trinajstić information content (AvgIpc) is 2.79. The number of anilines is 1. The molecule has 2 rings (SSSR count). The van der Waals surface area contributed by atoms with Crippen LogP contribution in [0.5, 0.6) is 0 Å². The van der Waals surface area contributed by atoms with Crippen molar-refractivity contribution < 1.29 is 4.42 Å². The van der Waals surface area contributed by atoms with Gasteiger partial charge in [0.25, 0.3) is 0 Å². The first-order valence-corrected chi connectivity index (χ1v) is 6.33. The van der Waals surface area contributed by atoms with Crippen LogP contribution in [-0.2, 0) is 5.88 Å². The van der Waals surface area contributed by atoms with Crippen molar-refractivity contribution in [2.24, 2.45) is 5.41 Å². The van der Waals surface area contributed by atoms with E-state index in [0.717, 1.165) is 13.1 Å². The zero-order valence-corrected chi connectivity index (χ0v) is 10.6. The first-order valence-electron chi connectivity index (χ1n) is 5.80. The zero-order valence-electron chi connectivity index (χ0n) is 9.87. The highest BCUT2D eigenvalue weighted by Crippen LogP contribution is 2.35. The van der Waals surface area contributed by atoms with Crippen LogP contribution in [0.4, 0.5) is 6.01 Å². The number of hydrogen-bond acceptors (Lipinski definition) is 4. The van der Waals surface area contributed by atoms with E-state index in [9.17, 15) is 0 Å². The van der Waals surface area contributed by atoms with E-state index in [2.05, 4.69) is 28.9 Å². The molecule has 0 unspecified atom stereocenters.